The third-order valence-electron chi connectivity index (χ3n) is 8.64. The van der Waals surface area contributed by atoms with Crippen LogP contribution in [-0.4, -0.2) is 57.6 Å². The third kappa shape index (κ3) is 12.0. The van der Waals surface area contributed by atoms with Crippen LogP contribution < -0.4 is 10.6 Å². The Bertz CT molecular complexity index is 1620. The van der Waals surface area contributed by atoms with E-state index in [9.17, 15) is 14.4 Å². The average Bonchev–Trinajstić information content (AvgIpc) is 3.02. The smallest absolute Gasteiger partial charge is 0.408 e. The number of carbonyl (C=O) groups is 4. The van der Waals surface area contributed by atoms with Gasteiger partial charge in [-0.05, 0) is 103 Å². The highest BCUT2D eigenvalue weighted by molar-refractivity contribution is 5.95. The second-order valence-corrected chi connectivity index (χ2v) is 15.8. The molecule has 3 unspecified atom stereocenters. The molecule has 2 N–H and O–H groups in total. The van der Waals surface area contributed by atoms with E-state index in [-0.39, 0.29) is 12.8 Å². The van der Waals surface area contributed by atoms with Gasteiger partial charge in [-0.1, -0.05) is 85.8 Å². The Kier molecular flexibility index (Phi) is 13.6. The third-order valence-corrected chi connectivity index (χ3v) is 8.64. The van der Waals surface area contributed by atoms with E-state index in [1.165, 1.54) is 0 Å². The molecular weight excluding hydrogens is 642 g/mol. The first-order valence-corrected chi connectivity index (χ1v) is 17.7. The lowest BCUT2D eigenvalue weighted by molar-refractivity contribution is -0.159. The number of nitrogens with one attached hydrogen (secondary N) is 2. The molecule has 3 rings (SSSR count). The Labute approximate surface area is 304 Å². The summed E-state index contributed by atoms with van der Waals surface area (Å²) in [6, 6.07) is 21.2. The quantitative estimate of drug-likeness (QED) is 0.178. The van der Waals surface area contributed by atoms with E-state index in [1.807, 2.05) is 113 Å². The summed E-state index contributed by atoms with van der Waals surface area (Å²) in [5.74, 6) is -1.58. The number of aryl methyl sites for hydroxylation is 2. The number of amides is 3. The molecule has 3 aromatic carbocycles. The fraction of sp³-hybridized carbons (Fsp3) is 0.476. The molecule has 0 saturated carbocycles. The van der Waals surface area contributed by atoms with Crippen LogP contribution in [0.15, 0.2) is 78.9 Å². The zero-order valence-electron chi connectivity index (χ0n) is 32.3. The molecule has 0 spiro atoms. The normalized spacial score (nSPS) is 13.7. The molecule has 0 fully saturated rings. The number of nitrogens with zero attached hydrogens (tertiary/aromatic N) is 1. The van der Waals surface area contributed by atoms with Gasteiger partial charge in [0.15, 0.2) is 0 Å². The van der Waals surface area contributed by atoms with Gasteiger partial charge in [0, 0.05) is 18.4 Å². The van der Waals surface area contributed by atoms with Crippen LogP contribution in [0.5, 0.6) is 0 Å². The van der Waals surface area contributed by atoms with Gasteiger partial charge in [-0.15, -0.1) is 0 Å². The first-order valence-electron chi connectivity index (χ1n) is 17.7. The summed E-state index contributed by atoms with van der Waals surface area (Å²) in [5.41, 5.74) is 1.41. The van der Waals surface area contributed by atoms with Crippen molar-refractivity contribution in [1.29, 1.82) is 0 Å². The molecule has 0 aliphatic carbocycles. The van der Waals surface area contributed by atoms with Crippen molar-refractivity contribution in [3.05, 3.63) is 107 Å². The van der Waals surface area contributed by atoms with Crippen LogP contribution in [0.2, 0.25) is 0 Å². The Morgan fingerprint density at radius 3 is 1.57 bits per heavy atom. The number of hydrogen-bond donors (Lipinski definition) is 2. The topological polar surface area (TPSA) is 114 Å². The first-order chi connectivity index (χ1) is 23.7. The number of carbonyl (C=O) groups excluding carboxylic acids is 4. The fourth-order valence-electron chi connectivity index (χ4n) is 5.92. The second kappa shape index (κ2) is 17.0. The molecule has 9 heteroatoms. The molecule has 51 heavy (non-hydrogen) atoms. The molecular formula is C42H57N3O6. The minimum absolute atomic E-state index is 0.158. The lowest BCUT2D eigenvalue weighted by Crippen LogP contribution is -2.61. The average molecular weight is 700 g/mol. The van der Waals surface area contributed by atoms with Gasteiger partial charge in [0.25, 0.3) is 0 Å². The van der Waals surface area contributed by atoms with E-state index < -0.39 is 58.7 Å². The van der Waals surface area contributed by atoms with E-state index in [1.54, 1.807) is 46.4 Å². The molecule has 0 aliphatic rings. The highest BCUT2D eigenvalue weighted by Gasteiger charge is 2.45. The molecule has 0 aromatic heterocycles. The molecule has 0 radical (unpaired) electrons. The predicted octanol–water partition coefficient (Wildman–Crippen LogP) is 7.57. The molecule has 0 saturated heterocycles. The molecule has 0 aliphatic heterocycles. The highest BCUT2D eigenvalue weighted by atomic mass is 16.6. The van der Waals surface area contributed by atoms with Crippen LogP contribution in [-0.2, 0) is 36.7 Å². The Morgan fingerprint density at radius 1 is 0.647 bits per heavy atom. The summed E-state index contributed by atoms with van der Waals surface area (Å²) in [5, 5.41) is 5.85. The van der Waals surface area contributed by atoms with Gasteiger partial charge < -0.3 is 25.0 Å². The van der Waals surface area contributed by atoms with E-state index in [0.29, 0.717) is 12.0 Å². The van der Waals surface area contributed by atoms with Gasteiger partial charge in [-0.3, -0.25) is 9.59 Å². The van der Waals surface area contributed by atoms with Crippen molar-refractivity contribution in [1.82, 2.24) is 15.5 Å². The van der Waals surface area contributed by atoms with E-state index >= 15 is 4.79 Å². The van der Waals surface area contributed by atoms with Crippen LogP contribution in [0.25, 0.3) is 0 Å². The minimum Gasteiger partial charge on any atom is -0.458 e. The van der Waals surface area contributed by atoms with Gasteiger partial charge in [-0.2, -0.15) is 0 Å². The zero-order valence-corrected chi connectivity index (χ0v) is 32.3. The maximum absolute atomic E-state index is 15.2. The maximum atomic E-state index is 15.2. The minimum atomic E-state index is -1.17. The van der Waals surface area contributed by atoms with E-state index in [2.05, 4.69) is 10.6 Å². The Hall–Kier alpha value is -4.66. The molecule has 9 nitrogen and oxygen atoms in total. The van der Waals surface area contributed by atoms with Crippen molar-refractivity contribution >= 4 is 23.9 Å². The summed E-state index contributed by atoms with van der Waals surface area (Å²) in [4.78, 5) is 58.7. The standard InChI is InChI=1S/C42H57N3O6/c1-12-42(10,11)45(37(47)32(26-30-22-15-13-16-23-30)44-39(49)51-41(7,8)9)35(34-28(2)20-19-21-29(34)3)36(46)43-33(38(48)50-40(4,5)6)27-31-24-17-14-18-25-31/h13-25,32-33,35H,12,26-27H2,1-11H3,(H,43,46)(H,44,49). The Balaban J connectivity index is 2.22. The molecule has 0 bridgehead atoms. The summed E-state index contributed by atoms with van der Waals surface area (Å²) < 4.78 is 11.4. The van der Waals surface area contributed by atoms with Crippen molar-refractivity contribution in [3.63, 3.8) is 0 Å². The fourth-order valence-corrected chi connectivity index (χ4v) is 5.92. The largest absolute Gasteiger partial charge is 0.458 e. The number of alkyl carbamates (subject to hydrolysis) is 1. The number of benzene rings is 3. The molecule has 3 amide bonds. The van der Waals surface area contributed by atoms with Gasteiger partial charge in [-0.25, -0.2) is 9.59 Å². The number of rotatable bonds is 13. The first kappa shape index (κ1) is 40.8. The van der Waals surface area contributed by atoms with Crippen molar-refractivity contribution in [2.75, 3.05) is 0 Å². The van der Waals surface area contributed by atoms with Crippen LogP contribution >= 0.6 is 0 Å². The van der Waals surface area contributed by atoms with E-state index in [4.69, 9.17) is 9.47 Å². The number of hydrogen-bond acceptors (Lipinski definition) is 6. The lowest BCUT2D eigenvalue weighted by Gasteiger charge is -2.45. The van der Waals surface area contributed by atoms with Crippen LogP contribution in [0.1, 0.15) is 103 Å². The second-order valence-electron chi connectivity index (χ2n) is 15.8. The molecule has 0 heterocycles. The van der Waals surface area contributed by atoms with Crippen molar-refractivity contribution in [2.45, 2.75) is 130 Å². The Morgan fingerprint density at radius 2 is 1.12 bits per heavy atom. The molecule has 3 atom stereocenters. The van der Waals surface area contributed by atoms with Crippen molar-refractivity contribution in [2.24, 2.45) is 0 Å². The number of ether oxygens (including phenoxy) is 2. The summed E-state index contributed by atoms with van der Waals surface area (Å²) >= 11 is 0. The summed E-state index contributed by atoms with van der Waals surface area (Å²) in [6.07, 6.45) is 0.0811. The van der Waals surface area contributed by atoms with Crippen LogP contribution in [0, 0.1) is 13.8 Å². The van der Waals surface area contributed by atoms with Crippen LogP contribution in [0.4, 0.5) is 4.79 Å². The maximum Gasteiger partial charge on any atom is 0.408 e. The predicted molar refractivity (Wildman–Crippen MR) is 201 cm³/mol. The molecule has 276 valence electrons. The number of esters is 1. The van der Waals surface area contributed by atoms with Crippen molar-refractivity contribution in [3.8, 4) is 0 Å². The zero-order chi connectivity index (χ0) is 38.1. The summed E-state index contributed by atoms with van der Waals surface area (Å²) in [6.45, 7) is 20.2. The highest BCUT2D eigenvalue weighted by Crippen LogP contribution is 2.36. The molecule has 3 aromatic rings. The summed E-state index contributed by atoms with van der Waals surface area (Å²) in [7, 11) is 0. The lowest BCUT2D eigenvalue weighted by atomic mass is 9.87. The monoisotopic (exact) mass is 699 g/mol. The van der Waals surface area contributed by atoms with Gasteiger partial charge >= 0.3 is 12.1 Å². The van der Waals surface area contributed by atoms with Gasteiger partial charge in [0.2, 0.25) is 11.8 Å². The SMILES string of the molecule is CCC(C)(C)N(C(=O)C(Cc1ccccc1)NC(=O)OC(C)(C)C)C(C(=O)NC(Cc1ccccc1)C(=O)OC(C)(C)C)c1c(C)cccc1C. The van der Waals surface area contributed by atoms with Crippen molar-refractivity contribution < 1.29 is 28.7 Å². The van der Waals surface area contributed by atoms with Gasteiger partial charge in [0.1, 0.15) is 29.3 Å². The van der Waals surface area contributed by atoms with Crippen LogP contribution in [0.3, 0.4) is 0 Å². The van der Waals surface area contributed by atoms with E-state index in [0.717, 1.165) is 22.3 Å². The van der Waals surface area contributed by atoms with Gasteiger partial charge in [0.05, 0.1) is 0 Å².